The molecule has 0 spiro atoms. The van der Waals surface area contributed by atoms with Gasteiger partial charge in [-0.05, 0) is 18.8 Å². The topological polar surface area (TPSA) is 80.0 Å². The van der Waals surface area contributed by atoms with Crippen LogP contribution in [-0.2, 0) is 7.05 Å². The molecular formula is C15H20N4O2. The number of hydrogen-bond acceptors (Lipinski definition) is 4. The second-order valence-corrected chi connectivity index (χ2v) is 5.87. The predicted octanol–water partition coefficient (Wildman–Crippen LogP) is 2.66. The van der Waals surface area contributed by atoms with Gasteiger partial charge in [-0.15, -0.1) is 0 Å². The van der Waals surface area contributed by atoms with Crippen LogP contribution in [0.1, 0.15) is 43.0 Å². The molecule has 6 nitrogen and oxygen atoms in total. The quantitative estimate of drug-likeness (QED) is 0.907. The van der Waals surface area contributed by atoms with E-state index in [1.807, 2.05) is 7.05 Å². The minimum absolute atomic E-state index is 0.216. The Hall–Kier alpha value is -2.11. The van der Waals surface area contributed by atoms with Crippen molar-refractivity contribution in [2.24, 2.45) is 13.0 Å². The fraction of sp³-hybridized carbons (Fsp3) is 0.533. The van der Waals surface area contributed by atoms with E-state index >= 15 is 0 Å². The van der Waals surface area contributed by atoms with Crippen LogP contribution in [0.5, 0.6) is 0 Å². The lowest BCUT2D eigenvalue weighted by molar-refractivity contribution is 0.0697. The zero-order chi connectivity index (χ0) is 15.0. The van der Waals surface area contributed by atoms with E-state index in [2.05, 4.69) is 22.3 Å². The summed E-state index contributed by atoms with van der Waals surface area (Å²) in [6.45, 7) is 2.22. The molecule has 1 fully saturated rings. The Morgan fingerprint density at radius 3 is 2.86 bits per heavy atom. The zero-order valence-electron chi connectivity index (χ0n) is 12.3. The van der Waals surface area contributed by atoms with Crippen molar-refractivity contribution in [2.45, 2.75) is 38.6 Å². The van der Waals surface area contributed by atoms with E-state index in [1.54, 1.807) is 10.9 Å². The van der Waals surface area contributed by atoms with Gasteiger partial charge in [-0.1, -0.05) is 19.8 Å². The average Bonchev–Trinajstić information content (AvgIpc) is 2.83. The molecule has 0 amide bonds. The molecule has 6 heteroatoms. The van der Waals surface area contributed by atoms with Crippen LogP contribution in [0.2, 0.25) is 0 Å². The van der Waals surface area contributed by atoms with E-state index in [-0.39, 0.29) is 5.56 Å². The Labute approximate surface area is 123 Å². The summed E-state index contributed by atoms with van der Waals surface area (Å²) in [6.07, 6.45) is 7.80. The van der Waals surface area contributed by atoms with Crippen molar-refractivity contribution in [3.05, 3.63) is 18.0 Å². The lowest BCUT2D eigenvalue weighted by Gasteiger charge is -2.31. The van der Waals surface area contributed by atoms with E-state index in [0.717, 1.165) is 11.8 Å². The molecule has 0 bridgehead atoms. The smallest absolute Gasteiger partial charge is 0.339 e. The second kappa shape index (κ2) is 5.35. The number of carbonyl (C=O) groups is 1. The van der Waals surface area contributed by atoms with Crippen molar-refractivity contribution in [3.8, 4) is 0 Å². The molecule has 112 valence electrons. The normalized spacial score (nSPS) is 22.4. The SMILES string of the molecule is CC1CCCCC1Nc1c(C(=O)O)cnc2c1cnn2C. The minimum atomic E-state index is -0.959. The van der Waals surface area contributed by atoms with Crippen molar-refractivity contribution in [1.29, 1.82) is 0 Å². The maximum atomic E-state index is 11.5. The molecule has 2 N–H and O–H groups in total. The number of nitrogens with one attached hydrogen (secondary N) is 1. The van der Waals surface area contributed by atoms with Crippen molar-refractivity contribution in [1.82, 2.24) is 14.8 Å². The lowest BCUT2D eigenvalue weighted by Crippen LogP contribution is -2.31. The van der Waals surface area contributed by atoms with Crippen molar-refractivity contribution < 1.29 is 9.90 Å². The fourth-order valence-electron chi connectivity index (χ4n) is 3.13. The Morgan fingerprint density at radius 1 is 1.38 bits per heavy atom. The Kier molecular flexibility index (Phi) is 3.53. The summed E-state index contributed by atoms with van der Waals surface area (Å²) >= 11 is 0. The first-order valence-electron chi connectivity index (χ1n) is 7.38. The summed E-state index contributed by atoms with van der Waals surface area (Å²) in [5.74, 6) is -0.417. The highest BCUT2D eigenvalue weighted by Gasteiger charge is 2.25. The van der Waals surface area contributed by atoms with Crippen LogP contribution >= 0.6 is 0 Å². The lowest BCUT2D eigenvalue weighted by atomic mass is 9.85. The maximum Gasteiger partial charge on any atom is 0.339 e. The third-order valence-corrected chi connectivity index (χ3v) is 4.43. The van der Waals surface area contributed by atoms with Crippen LogP contribution in [-0.4, -0.2) is 31.9 Å². The number of nitrogens with zero attached hydrogens (tertiary/aromatic N) is 3. The number of carboxylic acid groups (broad SMARTS) is 1. The van der Waals surface area contributed by atoms with Crippen LogP contribution in [0.3, 0.4) is 0 Å². The molecule has 1 aliphatic carbocycles. The number of aryl methyl sites for hydroxylation is 1. The van der Waals surface area contributed by atoms with E-state index in [4.69, 9.17) is 0 Å². The molecule has 3 rings (SSSR count). The summed E-state index contributed by atoms with van der Waals surface area (Å²) < 4.78 is 1.66. The molecule has 0 radical (unpaired) electrons. The van der Waals surface area contributed by atoms with Gasteiger partial charge in [0.15, 0.2) is 5.65 Å². The molecule has 2 heterocycles. The molecular weight excluding hydrogens is 268 g/mol. The van der Waals surface area contributed by atoms with Gasteiger partial charge in [-0.3, -0.25) is 4.68 Å². The molecule has 1 aliphatic rings. The van der Waals surface area contributed by atoms with Crippen LogP contribution in [0.25, 0.3) is 11.0 Å². The Balaban J connectivity index is 2.05. The zero-order valence-corrected chi connectivity index (χ0v) is 12.3. The first kappa shape index (κ1) is 13.9. The fourth-order valence-corrected chi connectivity index (χ4v) is 3.13. The van der Waals surface area contributed by atoms with Crippen molar-refractivity contribution >= 4 is 22.7 Å². The first-order chi connectivity index (χ1) is 10.1. The first-order valence-corrected chi connectivity index (χ1v) is 7.38. The number of fused-ring (bicyclic) bond motifs is 1. The molecule has 0 saturated heterocycles. The van der Waals surface area contributed by atoms with Crippen LogP contribution in [0, 0.1) is 5.92 Å². The largest absolute Gasteiger partial charge is 0.478 e. The molecule has 21 heavy (non-hydrogen) atoms. The van der Waals surface area contributed by atoms with Gasteiger partial charge in [0.1, 0.15) is 5.56 Å². The number of hydrogen-bond donors (Lipinski definition) is 2. The maximum absolute atomic E-state index is 11.5. The number of pyridine rings is 1. The van der Waals surface area contributed by atoms with Gasteiger partial charge in [0.05, 0.1) is 17.3 Å². The monoisotopic (exact) mass is 288 g/mol. The predicted molar refractivity (Wildman–Crippen MR) is 80.5 cm³/mol. The van der Waals surface area contributed by atoms with Gasteiger partial charge in [-0.25, -0.2) is 9.78 Å². The van der Waals surface area contributed by atoms with Gasteiger partial charge in [0.2, 0.25) is 0 Å². The summed E-state index contributed by atoms with van der Waals surface area (Å²) in [5, 5.41) is 17.8. The van der Waals surface area contributed by atoms with Crippen LogP contribution < -0.4 is 5.32 Å². The highest BCUT2D eigenvalue weighted by molar-refractivity contribution is 6.03. The number of aromatic nitrogens is 3. The van der Waals surface area contributed by atoms with Gasteiger partial charge in [0, 0.05) is 19.3 Å². The summed E-state index contributed by atoms with van der Waals surface area (Å²) in [7, 11) is 1.81. The molecule has 2 atom stereocenters. The Morgan fingerprint density at radius 2 is 2.14 bits per heavy atom. The molecule has 2 aromatic rings. The van der Waals surface area contributed by atoms with Crippen LogP contribution in [0.15, 0.2) is 12.4 Å². The third kappa shape index (κ3) is 2.46. The highest BCUT2D eigenvalue weighted by Crippen LogP contribution is 2.31. The van der Waals surface area contributed by atoms with Crippen LogP contribution in [0.4, 0.5) is 5.69 Å². The number of anilines is 1. The second-order valence-electron chi connectivity index (χ2n) is 5.87. The van der Waals surface area contributed by atoms with E-state index in [0.29, 0.717) is 23.3 Å². The van der Waals surface area contributed by atoms with E-state index in [9.17, 15) is 9.90 Å². The highest BCUT2D eigenvalue weighted by atomic mass is 16.4. The van der Waals surface area contributed by atoms with Crippen molar-refractivity contribution in [3.63, 3.8) is 0 Å². The van der Waals surface area contributed by atoms with Gasteiger partial charge in [0.25, 0.3) is 0 Å². The minimum Gasteiger partial charge on any atom is -0.478 e. The molecule has 2 unspecified atom stereocenters. The summed E-state index contributed by atoms with van der Waals surface area (Å²) in [6, 6.07) is 0.308. The molecule has 2 aromatic heterocycles. The number of carboxylic acids is 1. The molecule has 0 aromatic carbocycles. The number of rotatable bonds is 3. The summed E-state index contributed by atoms with van der Waals surface area (Å²) in [5.41, 5.74) is 1.57. The summed E-state index contributed by atoms with van der Waals surface area (Å²) in [4.78, 5) is 15.7. The van der Waals surface area contributed by atoms with E-state index in [1.165, 1.54) is 25.5 Å². The third-order valence-electron chi connectivity index (χ3n) is 4.43. The van der Waals surface area contributed by atoms with Gasteiger partial charge in [-0.2, -0.15) is 5.10 Å². The molecule has 1 saturated carbocycles. The van der Waals surface area contributed by atoms with Crippen molar-refractivity contribution in [2.75, 3.05) is 5.32 Å². The number of aromatic carboxylic acids is 1. The standard InChI is InChI=1S/C15H20N4O2/c1-9-5-3-4-6-12(9)18-13-10-8-17-19(2)14(10)16-7-11(13)15(20)21/h7-9,12H,3-6H2,1-2H3,(H,16,18)(H,20,21). The van der Waals surface area contributed by atoms with E-state index < -0.39 is 5.97 Å². The molecule has 0 aliphatic heterocycles. The van der Waals surface area contributed by atoms with Gasteiger partial charge >= 0.3 is 5.97 Å². The van der Waals surface area contributed by atoms with Gasteiger partial charge < -0.3 is 10.4 Å². The Bertz CT molecular complexity index is 680. The average molecular weight is 288 g/mol.